The minimum Gasteiger partial charge on any atom is -0.465 e. The van der Waals surface area contributed by atoms with Crippen LogP contribution < -0.4 is 0 Å². The fraction of sp³-hybridized carbons (Fsp3) is 0.909. The van der Waals surface area contributed by atoms with Gasteiger partial charge in [-0.1, -0.05) is 13.8 Å². The molecule has 2 aliphatic heterocycles. The van der Waals surface area contributed by atoms with E-state index in [1.807, 2.05) is 13.8 Å². The zero-order chi connectivity index (χ0) is 19.2. The van der Waals surface area contributed by atoms with Gasteiger partial charge in [0.2, 0.25) is 0 Å². The first-order valence-corrected chi connectivity index (χ1v) is 11.0. The number of esters is 2. The maximum Gasteiger partial charge on any atom is 0.309 e. The third-order valence-corrected chi connectivity index (χ3v) is 8.48. The Kier molecular flexibility index (Phi) is 3.76. The highest BCUT2D eigenvalue weighted by molar-refractivity contribution is 5.74. The Hall–Kier alpha value is -1.14. The molecule has 6 fully saturated rings. The molecular weight excluding hydrogens is 360 g/mol. The Bertz CT molecular complexity index is 701. The number of ether oxygens (including phenoxy) is 4. The van der Waals surface area contributed by atoms with E-state index in [4.69, 9.17) is 18.9 Å². The molecule has 6 aliphatic rings. The van der Waals surface area contributed by atoms with Crippen molar-refractivity contribution in [1.29, 1.82) is 0 Å². The summed E-state index contributed by atoms with van der Waals surface area (Å²) in [7, 11) is 0. The molecular formula is C22H30O6. The van der Waals surface area contributed by atoms with Gasteiger partial charge in [0.15, 0.2) is 0 Å². The Morgan fingerprint density at radius 3 is 1.96 bits per heavy atom. The quantitative estimate of drug-likeness (QED) is 0.511. The zero-order valence-corrected chi connectivity index (χ0v) is 16.7. The van der Waals surface area contributed by atoms with Gasteiger partial charge in [0.05, 0.1) is 50.0 Å². The second kappa shape index (κ2) is 5.94. The van der Waals surface area contributed by atoms with E-state index in [9.17, 15) is 9.59 Å². The molecule has 6 unspecified atom stereocenters. The lowest BCUT2D eigenvalue weighted by Crippen LogP contribution is -2.48. The molecule has 0 amide bonds. The maximum atomic E-state index is 12.6. The van der Waals surface area contributed by atoms with Crippen LogP contribution in [0, 0.1) is 46.8 Å². The van der Waals surface area contributed by atoms with Crippen LogP contribution in [0.2, 0.25) is 0 Å². The average molecular weight is 390 g/mol. The summed E-state index contributed by atoms with van der Waals surface area (Å²) in [6.45, 7) is 5.38. The van der Waals surface area contributed by atoms with Gasteiger partial charge in [0.25, 0.3) is 0 Å². The molecule has 4 saturated carbocycles. The fourth-order valence-corrected chi connectivity index (χ4v) is 6.96. The van der Waals surface area contributed by atoms with Gasteiger partial charge >= 0.3 is 11.9 Å². The van der Waals surface area contributed by atoms with Crippen molar-refractivity contribution < 1.29 is 28.5 Å². The van der Waals surface area contributed by atoms with E-state index in [1.165, 1.54) is 0 Å². The number of fused-ring (bicyclic) bond motifs is 10. The summed E-state index contributed by atoms with van der Waals surface area (Å²) in [6.07, 6.45) is 5.21. The number of carbonyl (C=O) groups is 2. The van der Waals surface area contributed by atoms with Crippen LogP contribution in [-0.2, 0) is 28.5 Å². The van der Waals surface area contributed by atoms with Gasteiger partial charge in [-0.05, 0) is 43.4 Å². The molecule has 0 aromatic carbocycles. The largest absolute Gasteiger partial charge is 0.465 e. The van der Waals surface area contributed by atoms with E-state index >= 15 is 0 Å². The van der Waals surface area contributed by atoms with Crippen LogP contribution in [0.3, 0.4) is 0 Å². The number of epoxide rings is 1. The van der Waals surface area contributed by atoms with Crippen LogP contribution in [-0.4, -0.2) is 50.1 Å². The lowest BCUT2D eigenvalue weighted by molar-refractivity contribution is -0.173. The van der Waals surface area contributed by atoms with Gasteiger partial charge in [-0.2, -0.15) is 0 Å². The predicted molar refractivity (Wildman–Crippen MR) is 97.0 cm³/mol. The lowest BCUT2D eigenvalue weighted by atomic mass is 9.76. The van der Waals surface area contributed by atoms with Crippen LogP contribution in [0.25, 0.3) is 0 Å². The Morgan fingerprint density at radius 2 is 1.43 bits per heavy atom. The third kappa shape index (κ3) is 2.59. The normalized spacial score (nSPS) is 49.4. The van der Waals surface area contributed by atoms with E-state index in [0.717, 1.165) is 32.3 Å². The second-order valence-electron chi connectivity index (χ2n) is 10.9. The minimum atomic E-state index is -0.374. The Morgan fingerprint density at radius 1 is 0.821 bits per heavy atom. The summed E-state index contributed by atoms with van der Waals surface area (Å²) in [5, 5.41) is 0. The number of carbonyl (C=O) groups excluding carboxylic acids is 2. The topological polar surface area (TPSA) is 74.4 Å². The van der Waals surface area contributed by atoms with E-state index in [0.29, 0.717) is 54.5 Å². The van der Waals surface area contributed by atoms with Crippen molar-refractivity contribution in [2.75, 3.05) is 19.8 Å². The Labute approximate surface area is 165 Å². The SMILES string of the molecule is CC(C)(COC(=O)C1C[C@@H]2C[C@H]1[C@@H]1OC21)COC(=O)[C@@H]1CC2CC1C1COC21. The molecule has 0 aromatic rings. The lowest BCUT2D eigenvalue weighted by Gasteiger charge is -2.42. The molecule has 0 radical (unpaired) electrons. The highest BCUT2D eigenvalue weighted by Gasteiger charge is 2.65. The van der Waals surface area contributed by atoms with Crippen molar-refractivity contribution in [2.45, 2.75) is 57.8 Å². The van der Waals surface area contributed by atoms with Crippen LogP contribution in [0.15, 0.2) is 0 Å². The summed E-state index contributed by atoms with van der Waals surface area (Å²) in [5.41, 5.74) is -0.374. The molecule has 4 bridgehead atoms. The van der Waals surface area contributed by atoms with Gasteiger partial charge < -0.3 is 18.9 Å². The molecule has 2 heterocycles. The maximum absolute atomic E-state index is 12.6. The van der Waals surface area contributed by atoms with E-state index in [2.05, 4.69) is 0 Å². The minimum absolute atomic E-state index is 0.00113. The first-order chi connectivity index (χ1) is 13.4. The number of hydrogen-bond acceptors (Lipinski definition) is 6. The summed E-state index contributed by atoms with van der Waals surface area (Å²) in [5.74, 6) is 2.36. The molecule has 0 aromatic heterocycles. The summed E-state index contributed by atoms with van der Waals surface area (Å²) in [4.78, 5) is 25.2. The van der Waals surface area contributed by atoms with Gasteiger partial charge in [-0.15, -0.1) is 0 Å². The van der Waals surface area contributed by atoms with Gasteiger partial charge in [-0.3, -0.25) is 9.59 Å². The standard InChI is InChI=1S/C22H30O6/c1-22(2,9-27-21(24)15-6-11-4-13(15)19-18(11)28-19)8-26-20(23)14-5-10-3-12(14)16-7-25-17(10)16/h10-19H,3-9H2,1-2H3/t10?,11-,12?,13+,14+,15?,16?,17?,18?,19-/m0/s1. The van der Waals surface area contributed by atoms with Crippen molar-refractivity contribution >= 4 is 11.9 Å². The summed E-state index contributed by atoms with van der Waals surface area (Å²) < 4.78 is 22.6. The van der Waals surface area contributed by atoms with Crippen molar-refractivity contribution in [3.05, 3.63) is 0 Å². The van der Waals surface area contributed by atoms with Crippen LogP contribution >= 0.6 is 0 Å². The van der Waals surface area contributed by atoms with Crippen molar-refractivity contribution in [1.82, 2.24) is 0 Å². The molecule has 28 heavy (non-hydrogen) atoms. The monoisotopic (exact) mass is 390 g/mol. The number of rotatable bonds is 6. The van der Waals surface area contributed by atoms with Gasteiger partial charge in [0, 0.05) is 17.3 Å². The van der Waals surface area contributed by atoms with Gasteiger partial charge in [0.1, 0.15) is 0 Å². The molecule has 6 rings (SSSR count). The average Bonchev–Trinajstić information content (AvgIpc) is 2.91. The van der Waals surface area contributed by atoms with E-state index in [-0.39, 0.29) is 35.8 Å². The molecule has 0 N–H and O–H groups in total. The molecule has 154 valence electrons. The molecule has 6 nitrogen and oxygen atoms in total. The highest BCUT2D eigenvalue weighted by Crippen LogP contribution is 2.59. The van der Waals surface area contributed by atoms with Crippen LogP contribution in [0.1, 0.15) is 39.5 Å². The molecule has 10 atom stereocenters. The molecule has 0 spiro atoms. The molecule has 4 aliphatic carbocycles. The zero-order valence-electron chi connectivity index (χ0n) is 16.7. The van der Waals surface area contributed by atoms with Crippen molar-refractivity contribution in [2.24, 2.45) is 46.8 Å². The highest BCUT2D eigenvalue weighted by atomic mass is 16.6. The summed E-state index contributed by atoms with van der Waals surface area (Å²) in [6, 6.07) is 0. The number of hydrogen-bond donors (Lipinski definition) is 0. The van der Waals surface area contributed by atoms with Gasteiger partial charge in [-0.25, -0.2) is 0 Å². The first kappa shape index (κ1) is 17.7. The van der Waals surface area contributed by atoms with Crippen LogP contribution in [0.5, 0.6) is 0 Å². The predicted octanol–water partition coefficient (Wildman–Crippen LogP) is 2.19. The second-order valence-corrected chi connectivity index (χ2v) is 10.9. The van der Waals surface area contributed by atoms with Crippen molar-refractivity contribution in [3.8, 4) is 0 Å². The summed E-state index contributed by atoms with van der Waals surface area (Å²) >= 11 is 0. The first-order valence-electron chi connectivity index (χ1n) is 11.0. The molecule has 6 heteroatoms. The third-order valence-electron chi connectivity index (χ3n) is 8.48. The van der Waals surface area contributed by atoms with Crippen molar-refractivity contribution in [3.63, 3.8) is 0 Å². The Balaban J connectivity index is 0.977. The fourth-order valence-electron chi connectivity index (χ4n) is 6.96. The van der Waals surface area contributed by atoms with E-state index < -0.39 is 0 Å². The van der Waals surface area contributed by atoms with Crippen LogP contribution in [0.4, 0.5) is 0 Å². The smallest absolute Gasteiger partial charge is 0.309 e. The van der Waals surface area contributed by atoms with E-state index in [1.54, 1.807) is 0 Å². The molecule has 2 saturated heterocycles.